The van der Waals surface area contributed by atoms with Gasteiger partial charge in [-0.1, -0.05) is 0 Å². The van der Waals surface area contributed by atoms with Crippen LogP contribution in [0.3, 0.4) is 0 Å². The van der Waals surface area contributed by atoms with Crippen LogP contribution in [0.1, 0.15) is 19.1 Å². The first-order valence-electron chi connectivity index (χ1n) is 8.86. The monoisotopic (exact) mass is 398 g/mol. The Morgan fingerprint density at radius 1 is 1.37 bits per heavy atom. The van der Waals surface area contributed by atoms with Crippen LogP contribution in [-0.2, 0) is 0 Å². The molecule has 2 aliphatic heterocycles. The van der Waals surface area contributed by atoms with Gasteiger partial charge in [0.2, 0.25) is 0 Å². The number of hydrogen-bond acceptors (Lipinski definition) is 5. The number of benzene rings is 1. The lowest BCUT2D eigenvalue weighted by Crippen LogP contribution is -2.56. The minimum absolute atomic E-state index is 0.134. The lowest BCUT2D eigenvalue weighted by atomic mass is 10.0. The zero-order chi connectivity index (χ0) is 19.2. The summed E-state index contributed by atoms with van der Waals surface area (Å²) in [4.78, 5) is 2.61. The molecule has 2 aromatic rings. The third kappa shape index (κ3) is 3.40. The highest BCUT2D eigenvalue weighted by Gasteiger charge is 2.46. The summed E-state index contributed by atoms with van der Waals surface area (Å²) < 4.78 is 54.2. The molecule has 27 heavy (non-hydrogen) atoms. The third-order valence-electron chi connectivity index (χ3n) is 5.11. The van der Waals surface area contributed by atoms with Crippen molar-refractivity contribution in [1.29, 1.82) is 0 Å². The van der Waals surface area contributed by atoms with Gasteiger partial charge in [0.1, 0.15) is 18.0 Å². The maximum Gasteiger partial charge on any atom is 0.280 e. The Morgan fingerprint density at radius 3 is 2.96 bits per heavy atom. The van der Waals surface area contributed by atoms with Crippen molar-refractivity contribution in [3.8, 4) is 5.75 Å². The van der Waals surface area contributed by atoms with Gasteiger partial charge in [-0.25, -0.2) is 13.2 Å². The topological polar surface area (TPSA) is 37.6 Å². The molecule has 1 fully saturated rings. The fourth-order valence-corrected chi connectivity index (χ4v) is 4.76. The van der Waals surface area contributed by atoms with Crippen LogP contribution in [0.2, 0.25) is 0 Å². The van der Waals surface area contributed by atoms with Crippen LogP contribution in [0.5, 0.6) is 5.75 Å². The Kier molecular flexibility index (Phi) is 4.80. The van der Waals surface area contributed by atoms with Crippen LogP contribution in [0.4, 0.5) is 13.2 Å². The van der Waals surface area contributed by atoms with Gasteiger partial charge in [0.05, 0.1) is 23.8 Å². The zero-order valence-corrected chi connectivity index (χ0v) is 16.0. The number of ether oxygens (including phenoxy) is 1. The second-order valence-corrected chi connectivity index (χ2v) is 7.97. The van der Waals surface area contributed by atoms with E-state index in [1.807, 2.05) is 6.92 Å². The molecule has 0 bridgehead atoms. The van der Waals surface area contributed by atoms with Crippen molar-refractivity contribution in [1.82, 2.24) is 10.2 Å². The van der Waals surface area contributed by atoms with Crippen LogP contribution >= 0.6 is 11.8 Å². The van der Waals surface area contributed by atoms with E-state index in [4.69, 9.17) is 9.15 Å². The Hall–Kier alpha value is -1.80. The zero-order valence-electron chi connectivity index (χ0n) is 15.2. The molecule has 2 aliphatic rings. The van der Waals surface area contributed by atoms with Gasteiger partial charge in [0.15, 0.2) is 11.6 Å². The van der Waals surface area contributed by atoms with Crippen LogP contribution in [0.15, 0.2) is 33.2 Å². The molecule has 8 heteroatoms. The minimum Gasteiger partial charge on any atom is -0.485 e. The number of aryl methyl sites for hydroxylation is 1. The lowest BCUT2D eigenvalue weighted by molar-refractivity contribution is -0.0819. The minimum atomic E-state index is -2.77. The van der Waals surface area contributed by atoms with Gasteiger partial charge in [-0.15, -0.1) is 11.8 Å². The average Bonchev–Trinajstić information content (AvgIpc) is 3.17. The summed E-state index contributed by atoms with van der Waals surface area (Å²) in [5, 5.41) is 3.13. The summed E-state index contributed by atoms with van der Waals surface area (Å²) >= 11 is 1.47. The first-order chi connectivity index (χ1) is 12.9. The summed E-state index contributed by atoms with van der Waals surface area (Å²) in [7, 11) is 0. The SMILES string of the molecule is CC1=C(COc2ccc3oc(C)cc3c2F)SCN1C1CCNCC1(F)F. The van der Waals surface area contributed by atoms with Crippen LogP contribution in [-0.4, -0.2) is 42.4 Å². The first kappa shape index (κ1) is 18.6. The predicted octanol–water partition coefficient (Wildman–Crippen LogP) is 4.49. The Labute approximate surface area is 159 Å². The molecule has 0 amide bonds. The Balaban J connectivity index is 1.50. The normalized spacial score (nSPS) is 22.7. The summed E-state index contributed by atoms with van der Waals surface area (Å²) in [5.41, 5.74) is 1.26. The number of nitrogens with one attached hydrogen (secondary N) is 1. The molecule has 0 radical (unpaired) electrons. The number of alkyl halides is 2. The van der Waals surface area contributed by atoms with Gasteiger partial charge < -0.3 is 19.4 Å². The Bertz CT molecular complexity index is 896. The quantitative estimate of drug-likeness (QED) is 0.821. The Morgan fingerprint density at radius 2 is 2.19 bits per heavy atom. The highest BCUT2D eigenvalue weighted by molar-refractivity contribution is 8.03. The second-order valence-electron chi connectivity index (χ2n) is 6.93. The number of furan rings is 1. The van der Waals surface area contributed by atoms with Crippen LogP contribution < -0.4 is 10.1 Å². The largest absolute Gasteiger partial charge is 0.485 e. The molecule has 1 unspecified atom stereocenters. The number of thioether (sulfide) groups is 1. The van der Waals surface area contributed by atoms with Crippen molar-refractivity contribution >= 4 is 22.7 Å². The molecular formula is C19H21F3N2O2S. The van der Waals surface area contributed by atoms with Gasteiger partial charge in [0.25, 0.3) is 5.92 Å². The van der Waals surface area contributed by atoms with Crippen molar-refractivity contribution in [2.75, 3.05) is 25.6 Å². The third-order valence-corrected chi connectivity index (χ3v) is 6.28. The lowest BCUT2D eigenvalue weighted by Gasteiger charge is -2.39. The maximum atomic E-state index is 14.6. The van der Waals surface area contributed by atoms with Crippen molar-refractivity contribution < 1.29 is 22.3 Å². The molecule has 1 saturated heterocycles. The van der Waals surface area contributed by atoms with Crippen LogP contribution in [0.25, 0.3) is 11.0 Å². The number of rotatable bonds is 4. The molecule has 1 aromatic carbocycles. The number of halogens is 3. The summed E-state index contributed by atoms with van der Waals surface area (Å²) in [6, 6.07) is 4.03. The fraction of sp³-hybridized carbons (Fsp3) is 0.474. The summed E-state index contributed by atoms with van der Waals surface area (Å²) in [6.07, 6.45) is 0.393. The average molecular weight is 398 g/mol. The van der Waals surface area contributed by atoms with Crippen molar-refractivity contribution in [2.24, 2.45) is 0 Å². The van der Waals surface area contributed by atoms with Crippen molar-refractivity contribution in [3.05, 3.63) is 40.4 Å². The van der Waals surface area contributed by atoms with Gasteiger partial charge in [-0.3, -0.25) is 0 Å². The number of hydrogen-bond donors (Lipinski definition) is 1. The van der Waals surface area contributed by atoms with Gasteiger partial charge in [-0.05, 0) is 45.0 Å². The number of piperidine rings is 1. The number of fused-ring (bicyclic) bond motifs is 1. The molecule has 0 aliphatic carbocycles. The van der Waals surface area contributed by atoms with Crippen molar-refractivity contribution in [2.45, 2.75) is 32.2 Å². The molecule has 1 aromatic heterocycles. The molecule has 1 atom stereocenters. The fourth-order valence-electron chi connectivity index (χ4n) is 3.63. The summed E-state index contributed by atoms with van der Waals surface area (Å²) in [6.45, 7) is 4.02. The van der Waals surface area contributed by atoms with Gasteiger partial charge in [-0.2, -0.15) is 0 Å². The predicted molar refractivity (Wildman–Crippen MR) is 99.6 cm³/mol. The van der Waals surface area contributed by atoms with E-state index in [9.17, 15) is 13.2 Å². The summed E-state index contributed by atoms with van der Waals surface area (Å²) in [5.74, 6) is -2.01. The second kappa shape index (κ2) is 6.98. The molecular weight excluding hydrogens is 377 g/mol. The van der Waals surface area contributed by atoms with E-state index in [1.54, 1.807) is 24.0 Å². The molecule has 146 valence electrons. The van der Waals surface area contributed by atoms with Crippen LogP contribution in [0, 0.1) is 12.7 Å². The highest BCUT2D eigenvalue weighted by Crippen LogP contribution is 2.39. The molecule has 1 N–H and O–H groups in total. The highest BCUT2D eigenvalue weighted by atomic mass is 32.2. The van der Waals surface area contributed by atoms with E-state index in [1.165, 1.54) is 17.8 Å². The van der Waals surface area contributed by atoms with E-state index in [2.05, 4.69) is 5.32 Å². The van der Waals surface area contributed by atoms with Gasteiger partial charge >= 0.3 is 0 Å². The van der Waals surface area contributed by atoms with E-state index in [-0.39, 0.29) is 18.9 Å². The molecule has 4 nitrogen and oxygen atoms in total. The maximum absolute atomic E-state index is 14.6. The molecule has 3 heterocycles. The van der Waals surface area contributed by atoms with E-state index in [0.717, 1.165) is 10.6 Å². The molecule has 0 spiro atoms. The molecule has 4 rings (SSSR count). The standard InChI is InChI=1S/C19H21F3N2O2S/c1-11-7-13-14(26-11)3-4-15(18(13)20)25-8-16-12(2)24(10-27-16)17-5-6-23-9-19(17,21)22/h3-4,7,17,23H,5-6,8-10H2,1-2H3. The smallest absolute Gasteiger partial charge is 0.280 e. The van der Waals surface area contributed by atoms with Crippen molar-refractivity contribution in [3.63, 3.8) is 0 Å². The van der Waals surface area contributed by atoms with E-state index >= 15 is 0 Å². The van der Waals surface area contributed by atoms with E-state index < -0.39 is 17.8 Å². The molecule has 0 saturated carbocycles. The van der Waals surface area contributed by atoms with E-state index in [0.29, 0.717) is 35.6 Å². The number of allylic oxidation sites excluding steroid dienone is 1. The first-order valence-corrected chi connectivity index (χ1v) is 9.84. The number of nitrogens with zero attached hydrogens (tertiary/aromatic N) is 1. The van der Waals surface area contributed by atoms with Gasteiger partial charge in [0, 0.05) is 10.6 Å².